The third-order valence-corrected chi connectivity index (χ3v) is 4.48. The molecule has 0 fully saturated rings. The van der Waals surface area contributed by atoms with Gasteiger partial charge in [0.2, 0.25) is 11.8 Å². The van der Waals surface area contributed by atoms with Gasteiger partial charge in [-0.1, -0.05) is 29.8 Å². The number of thiophene rings is 1. The van der Waals surface area contributed by atoms with E-state index in [0.29, 0.717) is 18.3 Å². The lowest BCUT2D eigenvalue weighted by atomic mass is 10.2. The average molecular weight is 320 g/mol. The highest BCUT2D eigenvalue weighted by Gasteiger charge is 2.11. The molecule has 0 aliphatic heterocycles. The number of nitrogens with zero attached hydrogens (tertiary/aromatic N) is 2. The first-order valence-electron chi connectivity index (χ1n) is 6.59. The highest BCUT2D eigenvalue weighted by atomic mass is 35.5. The molecule has 1 aromatic carbocycles. The van der Waals surface area contributed by atoms with Gasteiger partial charge in [-0.05, 0) is 31.2 Å². The Hall–Kier alpha value is -1.69. The number of hydrogen-bond acceptors (Lipinski definition) is 5. The second-order valence-corrected chi connectivity index (χ2v) is 6.36. The highest BCUT2D eigenvalue weighted by Crippen LogP contribution is 2.26. The molecule has 1 N–H and O–H groups in total. The number of rotatable bonds is 5. The van der Waals surface area contributed by atoms with Crippen LogP contribution in [-0.4, -0.2) is 10.2 Å². The fourth-order valence-electron chi connectivity index (χ4n) is 1.92. The maximum absolute atomic E-state index is 5.94. The van der Waals surface area contributed by atoms with E-state index in [1.165, 1.54) is 4.88 Å². The van der Waals surface area contributed by atoms with Gasteiger partial charge in [-0.2, -0.15) is 0 Å². The molecule has 0 amide bonds. The second-order valence-electron chi connectivity index (χ2n) is 4.61. The maximum atomic E-state index is 5.94. The largest absolute Gasteiger partial charge is 0.419 e. The summed E-state index contributed by atoms with van der Waals surface area (Å²) in [6.45, 7) is 2.60. The van der Waals surface area contributed by atoms with Crippen molar-refractivity contribution in [2.75, 3.05) is 0 Å². The molecule has 0 aliphatic rings. The van der Waals surface area contributed by atoms with Gasteiger partial charge in [0.25, 0.3) is 0 Å². The maximum Gasteiger partial charge on any atom is 0.247 e. The second kappa shape index (κ2) is 6.39. The summed E-state index contributed by atoms with van der Waals surface area (Å²) in [6.07, 6.45) is 0. The molecule has 0 radical (unpaired) electrons. The minimum absolute atomic E-state index is 0.189. The van der Waals surface area contributed by atoms with E-state index < -0.39 is 0 Å². The van der Waals surface area contributed by atoms with Gasteiger partial charge >= 0.3 is 0 Å². The monoisotopic (exact) mass is 319 g/mol. The highest BCUT2D eigenvalue weighted by molar-refractivity contribution is 7.16. The Balaban J connectivity index is 1.63. The van der Waals surface area contributed by atoms with Crippen molar-refractivity contribution in [3.8, 4) is 11.5 Å². The van der Waals surface area contributed by atoms with E-state index in [4.69, 9.17) is 16.0 Å². The summed E-state index contributed by atoms with van der Waals surface area (Å²) >= 11 is 7.51. The summed E-state index contributed by atoms with van der Waals surface area (Å²) in [5.41, 5.74) is 0.925. The molecule has 0 saturated heterocycles. The van der Waals surface area contributed by atoms with E-state index in [0.717, 1.165) is 9.90 Å². The van der Waals surface area contributed by atoms with Crippen LogP contribution in [0.4, 0.5) is 0 Å². The molecule has 4 nitrogen and oxygen atoms in total. The van der Waals surface area contributed by atoms with Crippen LogP contribution in [-0.2, 0) is 6.54 Å². The van der Waals surface area contributed by atoms with Gasteiger partial charge in [0, 0.05) is 16.5 Å². The van der Waals surface area contributed by atoms with E-state index in [2.05, 4.69) is 22.4 Å². The number of nitrogens with one attached hydrogen (secondary N) is 1. The van der Waals surface area contributed by atoms with Gasteiger partial charge < -0.3 is 9.73 Å². The molecule has 2 aromatic heterocycles. The SMILES string of the molecule is CC(NCc1nnc(-c2ccccc2)o1)c1ccc(Cl)s1. The van der Waals surface area contributed by atoms with E-state index in [-0.39, 0.29) is 6.04 Å². The minimum Gasteiger partial charge on any atom is -0.419 e. The topological polar surface area (TPSA) is 51.0 Å². The van der Waals surface area contributed by atoms with Crippen LogP contribution < -0.4 is 5.32 Å². The summed E-state index contributed by atoms with van der Waals surface area (Å²) in [4.78, 5) is 1.18. The van der Waals surface area contributed by atoms with E-state index in [1.54, 1.807) is 11.3 Å². The first-order chi connectivity index (χ1) is 10.2. The molecule has 0 aliphatic carbocycles. The Morgan fingerprint density at radius 2 is 2.00 bits per heavy atom. The summed E-state index contributed by atoms with van der Waals surface area (Å²) in [6, 6.07) is 13.8. The van der Waals surface area contributed by atoms with Gasteiger partial charge in [-0.15, -0.1) is 21.5 Å². The summed E-state index contributed by atoms with van der Waals surface area (Å²) in [7, 11) is 0. The first kappa shape index (κ1) is 14.3. The number of aromatic nitrogens is 2. The lowest BCUT2D eigenvalue weighted by Gasteiger charge is -2.09. The zero-order chi connectivity index (χ0) is 14.7. The van der Waals surface area contributed by atoms with Crippen LogP contribution in [0.3, 0.4) is 0 Å². The predicted octanol–water partition coefficient (Wildman–Crippen LogP) is 4.30. The van der Waals surface area contributed by atoms with E-state index in [9.17, 15) is 0 Å². The van der Waals surface area contributed by atoms with Gasteiger partial charge in [0.1, 0.15) is 0 Å². The third-order valence-electron chi connectivity index (χ3n) is 3.07. The standard InChI is InChI=1S/C15H14ClN3OS/c1-10(12-7-8-13(16)21-12)17-9-14-18-19-15(20-14)11-5-3-2-4-6-11/h2-8,10,17H,9H2,1H3. The van der Waals surface area contributed by atoms with Crippen LogP contribution in [0, 0.1) is 0 Å². The van der Waals surface area contributed by atoms with Crippen LogP contribution in [0.2, 0.25) is 4.34 Å². The molecule has 1 atom stereocenters. The summed E-state index contributed by atoms with van der Waals surface area (Å²) < 4.78 is 6.45. The fourth-order valence-corrected chi connectivity index (χ4v) is 3.01. The first-order valence-corrected chi connectivity index (χ1v) is 7.78. The van der Waals surface area contributed by atoms with Crippen molar-refractivity contribution in [3.63, 3.8) is 0 Å². The quantitative estimate of drug-likeness (QED) is 0.761. The van der Waals surface area contributed by atoms with Crippen LogP contribution in [0.25, 0.3) is 11.5 Å². The molecule has 21 heavy (non-hydrogen) atoms. The predicted molar refractivity (Wildman–Crippen MR) is 84.3 cm³/mol. The Labute approximate surface area is 131 Å². The summed E-state index contributed by atoms with van der Waals surface area (Å²) in [5.74, 6) is 1.11. The molecule has 0 spiro atoms. The van der Waals surface area contributed by atoms with Crippen molar-refractivity contribution >= 4 is 22.9 Å². The van der Waals surface area contributed by atoms with Crippen LogP contribution in [0.1, 0.15) is 23.7 Å². The molecule has 6 heteroatoms. The van der Waals surface area contributed by atoms with Crippen molar-refractivity contribution in [2.24, 2.45) is 0 Å². The van der Waals surface area contributed by atoms with Crippen LogP contribution in [0.5, 0.6) is 0 Å². The Bertz CT molecular complexity index is 711. The summed E-state index contributed by atoms with van der Waals surface area (Å²) in [5, 5.41) is 11.5. The molecule has 1 unspecified atom stereocenters. The third kappa shape index (κ3) is 3.50. The zero-order valence-electron chi connectivity index (χ0n) is 11.4. The Morgan fingerprint density at radius 3 is 2.71 bits per heavy atom. The van der Waals surface area contributed by atoms with Crippen molar-refractivity contribution in [1.82, 2.24) is 15.5 Å². The Kier molecular flexibility index (Phi) is 4.34. The molecule has 0 saturated carbocycles. The molecule has 108 valence electrons. The van der Waals surface area contributed by atoms with Gasteiger partial charge in [-0.3, -0.25) is 0 Å². The van der Waals surface area contributed by atoms with Gasteiger partial charge in [-0.25, -0.2) is 0 Å². The lowest BCUT2D eigenvalue weighted by molar-refractivity contribution is 0.456. The van der Waals surface area contributed by atoms with Crippen molar-refractivity contribution in [3.05, 3.63) is 57.6 Å². The minimum atomic E-state index is 0.189. The van der Waals surface area contributed by atoms with Gasteiger partial charge in [0.05, 0.1) is 10.9 Å². The molecule has 0 bridgehead atoms. The zero-order valence-corrected chi connectivity index (χ0v) is 13.0. The molecule has 3 aromatic rings. The van der Waals surface area contributed by atoms with E-state index in [1.807, 2.05) is 42.5 Å². The van der Waals surface area contributed by atoms with Crippen LogP contribution >= 0.6 is 22.9 Å². The van der Waals surface area contributed by atoms with Gasteiger partial charge in [0.15, 0.2) is 0 Å². The number of benzene rings is 1. The van der Waals surface area contributed by atoms with E-state index >= 15 is 0 Å². The molecular formula is C15H14ClN3OS. The number of hydrogen-bond donors (Lipinski definition) is 1. The molecule has 3 rings (SSSR count). The normalized spacial score (nSPS) is 12.5. The molecular weight excluding hydrogens is 306 g/mol. The smallest absolute Gasteiger partial charge is 0.247 e. The Morgan fingerprint density at radius 1 is 1.19 bits per heavy atom. The van der Waals surface area contributed by atoms with Crippen molar-refractivity contribution in [2.45, 2.75) is 19.5 Å². The molecule has 2 heterocycles. The number of halogens is 1. The average Bonchev–Trinajstić information content (AvgIpc) is 3.15. The van der Waals surface area contributed by atoms with Crippen LogP contribution in [0.15, 0.2) is 46.9 Å². The van der Waals surface area contributed by atoms with Crippen molar-refractivity contribution in [1.29, 1.82) is 0 Å². The van der Waals surface area contributed by atoms with Crippen molar-refractivity contribution < 1.29 is 4.42 Å². The lowest BCUT2D eigenvalue weighted by Crippen LogP contribution is -2.17. The fraction of sp³-hybridized carbons (Fsp3) is 0.200.